The van der Waals surface area contributed by atoms with Crippen molar-refractivity contribution in [2.24, 2.45) is 17.8 Å². The fraction of sp³-hybridized carbons (Fsp3) is 0.556. The standard InChI is InChI=1S/C18H22O.B.3W.3Y/c1-13(2)14(3)11-19-12-15(4)18-9-16-7-5-6-8-17(16)10-18;;;;;;;/h9,11-12,16-18H,5-8,10H2,1,3H3;;;;;;;/q-4;;;;;;;/b14-13?,15-12-;;;;;;;. The molecule has 0 aromatic heterocycles. The third-order valence-corrected chi connectivity index (χ3v) is 6.65. The predicted octanol–water partition coefficient (Wildman–Crippen LogP) is 3.48. The fourth-order valence-electron chi connectivity index (χ4n) is 3.28. The fourth-order valence-corrected chi connectivity index (χ4v) is 4.58. The number of ether oxygens (including phenoxy) is 1. The van der Waals surface area contributed by atoms with Gasteiger partial charge in [0.05, 0.1) is 0 Å². The Labute approximate surface area is 274 Å². The molecule has 1 nitrogen and oxygen atoms in total. The van der Waals surface area contributed by atoms with E-state index in [1.165, 1.54) is 82.0 Å². The normalized spacial score (nSPS) is 24.4. The van der Waals surface area contributed by atoms with E-state index >= 15 is 0 Å². The Morgan fingerprint density at radius 3 is 2.27 bits per heavy atom. The van der Waals surface area contributed by atoms with E-state index in [9.17, 15) is 0 Å². The van der Waals surface area contributed by atoms with Crippen molar-refractivity contribution in [3.05, 3.63) is 36.0 Å². The summed E-state index contributed by atoms with van der Waals surface area (Å²) in [4.78, 5) is 0. The average molecular weight is 1080 g/mol. The van der Waals surface area contributed by atoms with Crippen molar-refractivity contribution in [1.82, 2.24) is 0 Å². The van der Waals surface area contributed by atoms with E-state index in [1.54, 1.807) is 0 Å². The largest absolute Gasteiger partial charge is 0 e. The molecule has 2 aliphatic rings. The molecule has 8 heteroatoms. The molecule has 2 saturated carbocycles. The molecule has 134 valence electrons. The second kappa shape index (κ2) is 21.2. The van der Waals surface area contributed by atoms with Crippen LogP contribution in [0, 0.1) is 30.8 Å². The van der Waals surface area contributed by atoms with Gasteiger partial charge in [0, 0.05) is 128 Å². The first-order valence-corrected chi connectivity index (χ1v) is 10.6. The van der Waals surface area contributed by atoms with Crippen LogP contribution in [0.2, 0.25) is 0 Å². The van der Waals surface area contributed by atoms with Gasteiger partial charge in [0.15, 0.2) is 0 Å². The van der Waals surface area contributed by atoms with Crippen LogP contribution in [0.25, 0.3) is 0 Å². The molecule has 2 rings (SSSR count). The van der Waals surface area contributed by atoms with Gasteiger partial charge >= 0.3 is 152 Å². The predicted molar refractivity (Wildman–Crippen MR) is 85.5 cm³/mol. The maximum atomic E-state index is 5.69. The van der Waals surface area contributed by atoms with Crippen LogP contribution >= 0.6 is 0 Å². The van der Waals surface area contributed by atoms with Crippen molar-refractivity contribution in [3.8, 4) is 0 Å². The number of hydrogen-bond acceptors (Lipinski definition) is 1. The molecule has 6 radical (unpaired) electrons. The Morgan fingerprint density at radius 1 is 1.12 bits per heavy atom. The molecule has 0 heterocycles. The summed E-state index contributed by atoms with van der Waals surface area (Å²) in [5.74, 6) is 2.31. The van der Waals surface area contributed by atoms with Crippen molar-refractivity contribution in [2.45, 2.75) is 46.0 Å². The monoisotopic (exact) mass is 1080 g/mol. The van der Waals surface area contributed by atoms with Gasteiger partial charge in [-0.3, -0.25) is 0 Å². The molecule has 0 saturated heterocycles. The summed E-state index contributed by atoms with van der Waals surface area (Å²) in [7, 11) is 0. The molecule has 0 aromatic rings. The van der Waals surface area contributed by atoms with E-state index < -0.39 is 0 Å². The van der Waals surface area contributed by atoms with Crippen LogP contribution in [0.1, 0.15) is 46.0 Å². The first-order chi connectivity index (χ1) is 10.2. The third-order valence-electron chi connectivity index (χ3n) is 4.71. The molecule has 3 unspecified atom stereocenters. The van der Waals surface area contributed by atoms with E-state index in [2.05, 4.69) is 29.1 Å². The van der Waals surface area contributed by atoms with Gasteiger partial charge in [-0.05, 0) is 0 Å². The van der Waals surface area contributed by atoms with Gasteiger partial charge in [-0.1, -0.05) is 0 Å². The van der Waals surface area contributed by atoms with Crippen molar-refractivity contribution in [2.75, 3.05) is 0 Å². The molecule has 3 atom stereocenters. The Kier molecular flexibility index (Phi) is 30.7. The molecule has 0 aromatic carbocycles. The first kappa shape index (κ1) is 37.6. The Balaban J connectivity index is -0.000000484. The topological polar surface area (TPSA) is 9.23 Å². The number of allylic oxidation sites excluding steroid dienone is 2. The number of rotatable bonds is 6. The third kappa shape index (κ3) is 12.4. The molecule has 26 heavy (non-hydrogen) atoms. The van der Waals surface area contributed by atoms with Crippen molar-refractivity contribution in [3.63, 3.8) is 0 Å². The summed E-state index contributed by atoms with van der Waals surface area (Å²) >= 11 is 2.74. The van der Waals surface area contributed by atoms with Gasteiger partial charge in [-0.15, -0.1) is 0 Å². The van der Waals surface area contributed by atoms with Crippen LogP contribution in [0.5, 0.6) is 0 Å². The summed E-state index contributed by atoms with van der Waals surface area (Å²) < 4.78 is 12.3. The molecule has 0 bridgehead atoms. The quantitative estimate of drug-likeness (QED) is 0.226. The summed E-state index contributed by atoms with van der Waals surface area (Å²) in [5, 5.41) is 0. The minimum absolute atomic E-state index is 0. The second-order valence-corrected chi connectivity index (χ2v) is 7.55. The van der Waals surface area contributed by atoms with E-state index in [-0.39, 0.29) is 128 Å². The SMILES string of the molecule is CC([C-]=[W])=C(C)[CH-]O/C=C(/[C-]=[W])C1[CH-]C2CCCCC2C1.[B].[W].[Y].[Y].[Y]. The van der Waals surface area contributed by atoms with Gasteiger partial charge < -0.3 is 0 Å². The maximum Gasteiger partial charge on any atom is 0 e. The Bertz CT molecular complexity index is 459. The van der Waals surface area contributed by atoms with Crippen LogP contribution in [-0.2, 0) is 163 Å². The zero-order chi connectivity index (χ0) is 15.2. The number of hydrogen-bond donors (Lipinski definition) is 0. The van der Waals surface area contributed by atoms with Crippen molar-refractivity contribution in [1.29, 1.82) is 0 Å². The Morgan fingerprint density at radius 2 is 1.73 bits per heavy atom. The van der Waals surface area contributed by atoms with Crippen LogP contribution in [0.4, 0.5) is 0 Å². The van der Waals surface area contributed by atoms with Crippen LogP contribution in [0.3, 0.4) is 0 Å². The molecule has 0 N–H and O–H groups in total. The summed E-state index contributed by atoms with van der Waals surface area (Å²) in [6.07, 6.45) is 11.4. The first-order valence-electron chi connectivity index (χ1n) is 7.63. The van der Waals surface area contributed by atoms with Gasteiger partial charge in [0.25, 0.3) is 0 Å². The molecule has 0 spiro atoms. The maximum absolute atomic E-state index is 5.69. The van der Waals surface area contributed by atoms with Crippen molar-refractivity contribution < 1.29 is 163 Å². The van der Waals surface area contributed by atoms with Gasteiger partial charge in [-0.2, -0.15) is 0 Å². The van der Waals surface area contributed by atoms with E-state index in [0.29, 0.717) is 5.92 Å². The van der Waals surface area contributed by atoms with Crippen LogP contribution < -0.4 is 0 Å². The van der Waals surface area contributed by atoms with Crippen molar-refractivity contribution >= 4 is 17.2 Å². The zero-order valence-electron chi connectivity index (χ0n) is 15.4. The molecule has 0 aliphatic heterocycles. The molecule has 2 aliphatic carbocycles. The second-order valence-electron chi connectivity index (χ2n) is 6.08. The smallest absolute Gasteiger partial charge is 0 e. The summed E-state index contributed by atoms with van der Waals surface area (Å²) in [6.45, 7) is 5.98. The average Bonchev–Trinajstić information content (AvgIpc) is 2.94. The zero-order valence-corrected chi connectivity index (χ0v) is 32.8. The summed E-state index contributed by atoms with van der Waals surface area (Å²) in [6, 6.07) is 0. The molecule has 0 amide bonds. The minimum Gasteiger partial charge on any atom is 0 e. The van der Waals surface area contributed by atoms with Gasteiger partial charge in [0.2, 0.25) is 0 Å². The van der Waals surface area contributed by atoms with E-state index in [1.807, 2.05) is 12.9 Å². The number of fused-ring (bicyclic) bond motifs is 1. The minimum atomic E-state index is 0. The van der Waals surface area contributed by atoms with Crippen LogP contribution in [-0.4, -0.2) is 17.2 Å². The van der Waals surface area contributed by atoms with Crippen LogP contribution in [0.15, 0.2) is 23.0 Å². The molecular formula is C18H22BOW3Y3-4. The van der Waals surface area contributed by atoms with Gasteiger partial charge in [0.1, 0.15) is 0 Å². The van der Waals surface area contributed by atoms with Gasteiger partial charge in [-0.25, -0.2) is 0 Å². The Hall–Kier alpha value is 4.33. The van der Waals surface area contributed by atoms with E-state index in [4.69, 9.17) is 4.74 Å². The molecular weight excluding hydrogens is 1060 g/mol. The summed E-state index contributed by atoms with van der Waals surface area (Å²) in [5.41, 5.74) is 3.57. The van der Waals surface area contributed by atoms with E-state index in [0.717, 1.165) is 17.4 Å². The molecule has 2 fully saturated rings.